The van der Waals surface area contributed by atoms with Crippen molar-refractivity contribution in [2.45, 2.75) is 38.1 Å². The van der Waals surface area contributed by atoms with Crippen LogP contribution in [0.2, 0.25) is 0 Å². The number of para-hydroxylation sites is 1. The predicted molar refractivity (Wildman–Crippen MR) is 160 cm³/mol. The van der Waals surface area contributed by atoms with Crippen LogP contribution in [-0.4, -0.2) is 63.5 Å². The summed E-state index contributed by atoms with van der Waals surface area (Å²) in [4.78, 5) is 14.6. The van der Waals surface area contributed by atoms with Crippen LogP contribution in [0.1, 0.15) is 30.4 Å². The number of piperidine rings is 1. The minimum absolute atomic E-state index is 0.0128. The molecule has 1 fully saturated rings. The van der Waals surface area contributed by atoms with Gasteiger partial charge in [0, 0.05) is 43.9 Å². The lowest BCUT2D eigenvalue weighted by molar-refractivity contribution is 0.184. The standard InChI is InChI=1S/C32H42N4O4/c1-38-31-24-30(40-23-5-22-39-29-6-3-2-4-7-29)13-10-26(31)15-19-34-32(37)36-20-16-28(17-21-36)35-27-11-8-25(9-12-27)14-18-33/h2-4,6-13,24,28,35H,5,14-23,33H2,1H3,(H,34,37). The number of ether oxygens (including phenoxy) is 3. The zero-order valence-corrected chi connectivity index (χ0v) is 23.4. The van der Waals surface area contributed by atoms with Crippen molar-refractivity contribution in [2.75, 3.05) is 51.8 Å². The Kier molecular flexibility index (Phi) is 11.4. The molecule has 0 radical (unpaired) electrons. The molecular formula is C32H42N4O4. The van der Waals surface area contributed by atoms with Crippen molar-refractivity contribution in [3.05, 3.63) is 83.9 Å². The summed E-state index contributed by atoms with van der Waals surface area (Å²) in [5.74, 6) is 2.38. The molecule has 0 atom stereocenters. The summed E-state index contributed by atoms with van der Waals surface area (Å²) in [5, 5.41) is 6.66. The number of carbonyl (C=O) groups excluding carboxylic acids is 1. The molecule has 1 aliphatic rings. The summed E-state index contributed by atoms with van der Waals surface area (Å²) in [6.07, 6.45) is 4.20. The van der Waals surface area contributed by atoms with Gasteiger partial charge >= 0.3 is 6.03 Å². The molecule has 0 aliphatic carbocycles. The van der Waals surface area contributed by atoms with Gasteiger partial charge in [0.1, 0.15) is 17.2 Å². The number of carbonyl (C=O) groups is 1. The molecule has 0 bridgehead atoms. The molecule has 4 rings (SSSR count). The van der Waals surface area contributed by atoms with Crippen LogP contribution in [0.15, 0.2) is 72.8 Å². The van der Waals surface area contributed by atoms with Crippen molar-refractivity contribution in [2.24, 2.45) is 5.73 Å². The van der Waals surface area contributed by atoms with Crippen molar-refractivity contribution < 1.29 is 19.0 Å². The van der Waals surface area contributed by atoms with Crippen LogP contribution in [0.3, 0.4) is 0 Å². The van der Waals surface area contributed by atoms with E-state index >= 15 is 0 Å². The van der Waals surface area contributed by atoms with Gasteiger partial charge in [-0.05, 0) is 73.7 Å². The first-order valence-corrected chi connectivity index (χ1v) is 14.2. The Labute approximate surface area is 237 Å². The van der Waals surface area contributed by atoms with Crippen LogP contribution >= 0.6 is 0 Å². The number of urea groups is 1. The molecule has 4 N–H and O–H groups in total. The molecule has 3 aromatic carbocycles. The van der Waals surface area contributed by atoms with E-state index in [1.807, 2.05) is 53.4 Å². The monoisotopic (exact) mass is 546 g/mol. The van der Waals surface area contributed by atoms with E-state index in [9.17, 15) is 4.79 Å². The van der Waals surface area contributed by atoms with Crippen LogP contribution in [0.4, 0.5) is 10.5 Å². The van der Waals surface area contributed by atoms with Gasteiger partial charge in [-0.3, -0.25) is 0 Å². The fraction of sp³-hybridized carbons (Fsp3) is 0.406. The fourth-order valence-corrected chi connectivity index (χ4v) is 4.79. The Morgan fingerprint density at radius 3 is 2.35 bits per heavy atom. The predicted octanol–water partition coefficient (Wildman–Crippen LogP) is 4.87. The van der Waals surface area contributed by atoms with E-state index < -0.39 is 0 Å². The maximum atomic E-state index is 12.7. The van der Waals surface area contributed by atoms with Crippen molar-refractivity contribution in [1.82, 2.24) is 10.2 Å². The number of hydrogen-bond acceptors (Lipinski definition) is 6. The van der Waals surface area contributed by atoms with Crippen molar-refractivity contribution in [1.29, 1.82) is 0 Å². The van der Waals surface area contributed by atoms with E-state index in [0.717, 1.165) is 67.3 Å². The number of amides is 2. The van der Waals surface area contributed by atoms with Crippen LogP contribution in [0, 0.1) is 0 Å². The molecule has 8 heteroatoms. The number of nitrogens with zero attached hydrogens (tertiary/aromatic N) is 1. The van der Waals surface area contributed by atoms with E-state index in [0.29, 0.717) is 38.8 Å². The van der Waals surface area contributed by atoms with Crippen LogP contribution < -0.4 is 30.6 Å². The molecule has 214 valence electrons. The number of benzene rings is 3. The first-order chi connectivity index (χ1) is 19.6. The average molecular weight is 547 g/mol. The largest absolute Gasteiger partial charge is 0.496 e. The Bertz CT molecular complexity index is 1170. The summed E-state index contributed by atoms with van der Waals surface area (Å²) >= 11 is 0. The Balaban J connectivity index is 1.13. The number of nitrogens with one attached hydrogen (secondary N) is 2. The first kappa shape index (κ1) is 29.1. The van der Waals surface area contributed by atoms with Gasteiger partial charge in [0.2, 0.25) is 0 Å². The normalized spacial score (nSPS) is 13.5. The van der Waals surface area contributed by atoms with E-state index in [-0.39, 0.29) is 6.03 Å². The van der Waals surface area contributed by atoms with Gasteiger partial charge in [0.25, 0.3) is 0 Å². The lowest BCUT2D eigenvalue weighted by Gasteiger charge is -2.33. The Hall–Kier alpha value is -3.91. The topological polar surface area (TPSA) is 98.1 Å². The molecule has 0 saturated carbocycles. The summed E-state index contributed by atoms with van der Waals surface area (Å²) in [6.45, 7) is 3.82. The zero-order chi connectivity index (χ0) is 28.0. The van der Waals surface area contributed by atoms with E-state index in [1.54, 1.807) is 7.11 Å². The minimum atomic E-state index is -0.0128. The highest BCUT2D eigenvalue weighted by Crippen LogP contribution is 2.25. The molecule has 2 amide bonds. The van der Waals surface area contributed by atoms with E-state index in [2.05, 4.69) is 34.9 Å². The first-order valence-electron chi connectivity index (χ1n) is 14.2. The molecule has 40 heavy (non-hydrogen) atoms. The van der Waals surface area contributed by atoms with Crippen LogP contribution in [0.25, 0.3) is 0 Å². The highest BCUT2D eigenvalue weighted by atomic mass is 16.5. The molecule has 8 nitrogen and oxygen atoms in total. The Morgan fingerprint density at radius 1 is 0.925 bits per heavy atom. The lowest BCUT2D eigenvalue weighted by Crippen LogP contribution is -2.47. The van der Waals surface area contributed by atoms with Gasteiger partial charge in [-0.15, -0.1) is 0 Å². The van der Waals surface area contributed by atoms with E-state index in [1.165, 1.54) is 5.56 Å². The highest BCUT2D eigenvalue weighted by molar-refractivity contribution is 5.74. The number of nitrogens with two attached hydrogens (primary N) is 1. The summed E-state index contributed by atoms with van der Waals surface area (Å²) in [7, 11) is 1.65. The van der Waals surface area contributed by atoms with Gasteiger partial charge in [0.15, 0.2) is 0 Å². The molecule has 1 saturated heterocycles. The number of hydrogen-bond donors (Lipinski definition) is 3. The quantitative estimate of drug-likeness (QED) is 0.250. The van der Waals surface area contributed by atoms with Gasteiger partial charge < -0.3 is 35.5 Å². The highest BCUT2D eigenvalue weighted by Gasteiger charge is 2.22. The molecule has 3 aromatic rings. The third-order valence-corrected chi connectivity index (χ3v) is 7.04. The second-order valence-corrected chi connectivity index (χ2v) is 9.96. The number of methoxy groups -OCH3 is 1. The van der Waals surface area contributed by atoms with Crippen molar-refractivity contribution in [3.63, 3.8) is 0 Å². The Morgan fingerprint density at radius 2 is 1.65 bits per heavy atom. The molecule has 0 aromatic heterocycles. The minimum Gasteiger partial charge on any atom is -0.496 e. The second kappa shape index (κ2) is 15.6. The SMILES string of the molecule is COc1cc(OCCCOc2ccccc2)ccc1CCNC(=O)N1CCC(Nc2ccc(CCN)cc2)CC1. The van der Waals surface area contributed by atoms with Crippen molar-refractivity contribution in [3.8, 4) is 17.2 Å². The smallest absolute Gasteiger partial charge is 0.317 e. The lowest BCUT2D eigenvalue weighted by atomic mass is 10.0. The van der Waals surface area contributed by atoms with Gasteiger partial charge in [0.05, 0.1) is 20.3 Å². The maximum Gasteiger partial charge on any atom is 0.317 e. The maximum absolute atomic E-state index is 12.7. The summed E-state index contributed by atoms with van der Waals surface area (Å²) in [6, 6.07) is 24.4. The third-order valence-electron chi connectivity index (χ3n) is 7.04. The average Bonchev–Trinajstić information content (AvgIpc) is 2.99. The number of rotatable bonds is 14. The zero-order valence-electron chi connectivity index (χ0n) is 23.4. The third kappa shape index (κ3) is 9.09. The fourth-order valence-electron chi connectivity index (χ4n) is 4.79. The van der Waals surface area contributed by atoms with Crippen LogP contribution in [-0.2, 0) is 12.8 Å². The molecule has 1 aliphatic heterocycles. The number of likely N-dealkylation sites (tertiary alicyclic amines) is 1. The molecule has 0 unspecified atom stereocenters. The summed E-state index contributed by atoms with van der Waals surface area (Å²) < 4.78 is 17.2. The number of anilines is 1. The molecular weight excluding hydrogens is 504 g/mol. The molecule has 1 heterocycles. The molecule has 0 spiro atoms. The van der Waals surface area contributed by atoms with E-state index in [4.69, 9.17) is 19.9 Å². The van der Waals surface area contributed by atoms with Gasteiger partial charge in [-0.1, -0.05) is 36.4 Å². The second-order valence-electron chi connectivity index (χ2n) is 9.96. The van der Waals surface area contributed by atoms with Gasteiger partial charge in [-0.2, -0.15) is 0 Å². The van der Waals surface area contributed by atoms with Crippen molar-refractivity contribution >= 4 is 11.7 Å². The van der Waals surface area contributed by atoms with Gasteiger partial charge in [-0.25, -0.2) is 4.79 Å². The van der Waals surface area contributed by atoms with Crippen LogP contribution in [0.5, 0.6) is 17.2 Å². The summed E-state index contributed by atoms with van der Waals surface area (Å²) in [5.41, 5.74) is 9.03.